The van der Waals surface area contributed by atoms with E-state index >= 15 is 0 Å². The van der Waals surface area contributed by atoms with Gasteiger partial charge in [0, 0.05) is 12.0 Å². The summed E-state index contributed by atoms with van der Waals surface area (Å²) in [7, 11) is 0.275. The van der Waals surface area contributed by atoms with Crippen LogP contribution in [0.5, 0.6) is 5.75 Å². The Hall–Kier alpha value is -1.33. The van der Waals surface area contributed by atoms with Crippen molar-refractivity contribution in [2.75, 3.05) is 7.11 Å². The quantitative estimate of drug-likeness (QED) is 0.166. The molecule has 0 radical (unpaired) electrons. The molecule has 0 spiro atoms. The fourth-order valence-electron chi connectivity index (χ4n) is 3.25. The van der Waals surface area contributed by atoms with Crippen LogP contribution in [0, 0.1) is 5.92 Å². The number of unbranched alkanes of at least 4 members (excludes halogenated alkanes) is 3. The summed E-state index contributed by atoms with van der Waals surface area (Å²) in [4.78, 5) is 12.4. The maximum Gasteiger partial charge on any atom is 0.308 e. The summed E-state index contributed by atoms with van der Waals surface area (Å²) >= 11 is 0. The Kier molecular flexibility index (Phi) is 11.0. The predicted octanol–water partition coefficient (Wildman–Crippen LogP) is 6.53. The van der Waals surface area contributed by atoms with Crippen molar-refractivity contribution in [3.05, 3.63) is 29.3 Å². The van der Waals surface area contributed by atoms with Gasteiger partial charge in [-0.3, -0.25) is 4.79 Å². The van der Waals surface area contributed by atoms with Crippen molar-refractivity contribution >= 4 is 15.0 Å². The van der Waals surface area contributed by atoms with Crippen molar-refractivity contribution in [2.24, 2.45) is 5.92 Å². The van der Waals surface area contributed by atoms with Crippen molar-refractivity contribution in [1.29, 1.82) is 0 Å². The van der Waals surface area contributed by atoms with Crippen molar-refractivity contribution in [1.82, 2.24) is 0 Å². The van der Waals surface area contributed by atoms with Crippen LogP contribution in [0.4, 0.5) is 0 Å². The number of rotatable bonds is 12. The molecule has 1 aromatic rings. The van der Waals surface area contributed by atoms with Gasteiger partial charge in [-0.15, -0.1) is 0 Å². The standard InChI is InChI=1S/C24H42O4Si/c1-18(2)13-11-9-10-12-14-22(25)27-23(28-29(7)8)19-15-16-20(24(3,4)5)21(17-19)26-6/h15-18,23,29H,9-14H2,1-8H3. The second kappa shape index (κ2) is 12.4. The Bertz CT molecular complexity index is 620. The minimum Gasteiger partial charge on any atom is -0.496 e. The molecule has 1 rings (SSSR count). The first-order chi connectivity index (χ1) is 13.5. The van der Waals surface area contributed by atoms with Crippen LogP contribution in [0.1, 0.15) is 90.6 Å². The Morgan fingerprint density at radius 2 is 1.72 bits per heavy atom. The minimum atomic E-state index is -1.40. The third-order valence-corrected chi connectivity index (χ3v) is 5.64. The summed E-state index contributed by atoms with van der Waals surface area (Å²) in [6.45, 7) is 15.1. The number of benzene rings is 1. The second-order valence-corrected chi connectivity index (χ2v) is 11.9. The Balaban J connectivity index is 2.73. The first-order valence-corrected chi connectivity index (χ1v) is 13.9. The van der Waals surface area contributed by atoms with Gasteiger partial charge in [0.25, 0.3) is 0 Å². The minimum absolute atomic E-state index is 0.0285. The zero-order valence-electron chi connectivity index (χ0n) is 19.8. The molecule has 29 heavy (non-hydrogen) atoms. The fraction of sp³-hybridized carbons (Fsp3) is 0.708. The molecule has 0 amide bonds. The van der Waals surface area contributed by atoms with E-state index in [4.69, 9.17) is 13.9 Å². The molecule has 1 aromatic carbocycles. The SMILES string of the molecule is COc1cc(C(OC(=O)CCCCCCC(C)C)O[SiH](C)C)ccc1C(C)(C)C. The number of carbonyl (C=O) groups is 1. The first-order valence-electron chi connectivity index (χ1n) is 11.1. The molecule has 1 unspecified atom stereocenters. The summed E-state index contributed by atoms with van der Waals surface area (Å²) in [6.07, 6.45) is 5.39. The summed E-state index contributed by atoms with van der Waals surface area (Å²) in [5, 5.41) is 0. The molecule has 0 saturated carbocycles. The van der Waals surface area contributed by atoms with Crippen LogP contribution in [0.2, 0.25) is 13.1 Å². The Morgan fingerprint density at radius 3 is 2.28 bits per heavy atom. The Morgan fingerprint density at radius 1 is 1.07 bits per heavy atom. The molecule has 0 aliphatic carbocycles. The van der Waals surface area contributed by atoms with Crippen LogP contribution >= 0.6 is 0 Å². The molecule has 0 bridgehead atoms. The van der Waals surface area contributed by atoms with Gasteiger partial charge in [0.2, 0.25) is 6.29 Å². The molecule has 0 saturated heterocycles. The third kappa shape index (κ3) is 9.81. The van der Waals surface area contributed by atoms with Gasteiger partial charge in [-0.1, -0.05) is 72.4 Å². The van der Waals surface area contributed by atoms with Gasteiger partial charge in [-0.05, 0) is 42.5 Å². The van der Waals surface area contributed by atoms with E-state index in [2.05, 4.69) is 53.8 Å². The number of hydrogen-bond donors (Lipinski definition) is 0. The molecular formula is C24H42O4Si. The van der Waals surface area contributed by atoms with Gasteiger partial charge < -0.3 is 13.9 Å². The van der Waals surface area contributed by atoms with Gasteiger partial charge in [0.1, 0.15) is 5.75 Å². The molecule has 0 fully saturated rings. The van der Waals surface area contributed by atoms with E-state index in [0.29, 0.717) is 6.42 Å². The smallest absolute Gasteiger partial charge is 0.308 e. The van der Waals surface area contributed by atoms with Crippen molar-refractivity contribution in [2.45, 2.75) is 97.9 Å². The van der Waals surface area contributed by atoms with E-state index in [1.54, 1.807) is 7.11 Å². The average Bonchev–Trinajstić information content (AvgIpc) is 2.62. The largest absolute Gasteiger partial charge is 0.496 e. The number of ether oxygens (including phenoxy) is 2. The third-order valence-electron chi connectivity index (χ3n) is 4.85. The lowest BCUT2D eigenvalue weighted by Crippen LogP contribution is -2.20. The first kappa shape index (κ1) is 25.7. The highest BCUT2D eigenvalue weighted by molar-refractivity contribution is 6.48. The highest BCUT2D eigenvalue weighted by Gasteiger charge is 2.24. The summed E-state index contributed by atoms with van der Waals surface area (Å²) < 4.78 is 17.4. The highest BCUT2D eigenvalue weighted by Crippen LogP contribution is 2.34. The number of hydrogen-bond acceptors (Lipinski definition) is 4. The van der Waals surface area contributed by atoms with E-state index in [-0.39, 0.29) is 11.4 Å². The van der Waals surface area contributed by atoms with E-state index < -0.39 is 15.3 Å². The molecule has 0 aliphatic rings. The highest BCUT2D eigenvalue weighted by atomic mass is 28.3. The monoisotopic (exact) mass is 422 g/mol. The van der Waals surface area contributed by atoms with Crippen molar-refractivity contribution < 1.29 is 18.7 Å². The lowest BCUT2D eigenvalue weighted by molar-refractivity contribution is -0.165. The van der Waals surface area contributed by atoms with Crippen LogP contribution in [0.3, 0.4) is 0 Å². The van der Waals surface area contributed by atoms with Crippen LogP contribution in [0.25, 0.3) is 0 Å². The molecule has 0 aromatic heterocycles. The van der Waals surface area contributed by atoms with E-state index in [0.717, 1.165) is 35.6 Å². The zero-order chi connectivity index (χ0) is 22.0. The lowest BCUT2D eigenvalue weighted by atomic mass is 9.86. The predicted molar refractivity (Wildman–Crippen MR) is 123 cm³/mol. The van der Waals surface area contributed by atoms with Gasteiger partial charge in [-0.25, -0.2) is 0 Å². The van der Waals surface area contributed by atoms with Crippen LogP contribution in [0.15, 0.2) is 18.2 Å². The maximum absolute atomic E-state index is 12.4. The number of esters is 1. The van der Waals surface area contributed by atoms with Crippen molar-refractivity contribution in [3.8, 4) is 5.75 Å². The maximum atomic E-state index is 12.4. The van der Waals surface area contributed by atoms with E-state index in [1.807, 2.05) is 12.1 Å². The lowest BCUT2D eigenvalue weighted by Gasteiger charge is -2.25. The van der Waals surface area contributed by atoms with Crippen LogP contribution in [-0.2, 0) is 19.4 Å². The summed E-state index contributed by atoms with van der Waals surface area (Å²) in [5.41, 5.74) is 1.93. The van der Waals surface area contributed by atoms with E-state index in [1.165, 1.54) is 19.3 Å². The Labute approximate surface area is 180 Å². The molecule has 4 nitrogen and oxygen atoms in total. The molecule has 0 N–H and O–H groups in total. The van der Waals surface area contributed by atoms with Gasteiger partial charge >= 0.3 is 5.97 Å². The molecule has 1 atom stereocenters. The average molecular weight is 423 g/mol. The zero-order valence-corrected chi connectivity index (χ0v) is 21.0. The van der Waals surface area contributed by atoms with E-state index in [9.17, 15) is 4.79 Å². The second-order valence-electron chi connectivity index (χ2n) is 9.56. The van der Waals surface area contributed by atoms with Gasteiger partial charge in [0.15, 0.2) is 9.04 Å². The molecule has 0 heterocycles. The normalized spacial score (nSPS) is 13.0. The van der Waals surface area contributed by atoms with Crippen LogP contribution < -0.4 is 4.74 Å². The van der Waals surface area contributed by atoms with Crippen LogP contribution in [-0.4, -0.2) is 22.1 Å². The molecule has 0 aliphatic heterocycles. The number of methoxy groups -OCH3 is 1. The molecular weight excluding hydrogens is 380 g/mol. The summed E-state index contributed by atoms with van der Waals surface area (Å²) in [5.74, 6) is 1.36. The van der Waals surface area contributed by atoms with Gasteiger partial charge in [0.05, 0.1) is 7.11 Å². The van der Waals surface area contributed by atoms with Gasteiger partial charge in [-0.2, -0.15) is 0 Å². The topological polar surface area (TPSA) is 44.8 Å². The van der Waals surface area contributed by atoms with Crippen molar-refractivity contribution in [3.63, 3.8) is 0 Å². The number of carbonyl (C=O) groups excluding carboxylic acids is 1. The summed E-state index contributed by atoms with van der Waals surface area (Å²) in [6, 6.07) is 5.99. The fourth-order valence-corrected chi connectivity index (χ4v) is 3.96. The molecule has 166 valence electrons. The molecule has 5 heteroatoms.